The van der Waals surface area contributed by atoms with E-state index in [9.17, 15) is 0 Å². The van der Waals surface area contributed by atoms with E-state index in [-0.39, 0.29) is 0 Å². The molecule has 0 saturated carbocycles. The second-order valence-corrected chi connectivity index (χ2v) is 3.12. The smallest absolute Gasteiger partial charge is 0.0586 e. The number of likely N-dealkylation sites (N-methyl/N-ethyl adjacent to an activating group) is 1. The number of aliphatic hydroxyl groups is 1. The summed E-state index contributed by atoms with van der Waals surface area (Å²) in [6, 6.07) is 0.431. The SMILES string of the molecule is CC1CC(CO)N(C)C1. The lowest BCUT2D eigenvalue weighted by Gasteiger charge is -2.15. The molecule has 1 fully saturated rings. The molecule has 1 saturated heterocycles. The van der Waals surface area contributed by atoms with E-state index in [1.807, 2.05) is 0 Å². The fourth-order valence-corrected chi connectivity index (χ4v) is 1.57. The molecule has 9 heavy (non-hydrogen) atoms. The Morgan fingerprint density at radius 2 is 2.33 bits per heavy atom. The zero-order chi connectivity index (χ0) is 6.85. The molecule has 1 rings (SSSR count). The standard InChI is InChI=1S/C7H15NO/c1-6-3-7(5-9)8(2)4-6/h6-7,9H,3-5H2,1-2H3. The van der Waals surface area contributed by atoms with Gasteiger partial charge in [0.1, 0.15) is 0 Å². The molecular weight excluding hydrogens is 114 g/mol. The van der Waals surface area contributed by atoms with Gasteiger partial charge in [-0.1, -0.05) is 6.92 Å². The number of aliphatic hydroxyl groups excluding tert-OH is 1. The van der Waals surface area contributed by atoms with Crippen molar-refractivity contribution in [2.24, 2.45) is 5.92 Å². The third-order valence-electron chi connectivity index (χ3n) is 2.11. The summed E-state index contributed by atoms with van der Waals surface area (Å²) in [6.07, 6.45) is 1.16. The summed E-state index contributed by atoms with van der Waals surface area (Å²) in [5, 5.41) is 8.81. The average Bonchev–Trinajstić information content (AvgIpc) is 2.10. The van der Waals surface area contributed by atoms with E-state index in [4.69, 9.17) is 5.11 Å². The highest BCUT2D eigenvalue weighted by atomic mass is 16.3. The Morgan fingerprint density at radius 1 is 1.67 bits per heavy atom. The second kappa shape index (κ2) is 2.67. The number of nitrogens with zero attached hydrogens (tertiary/aromatic N) is 1. The third kappa shape index (κ3) is 1.43. The molecule has 2 nitrogen and oxygen atoms in total. The average molecular weight is 129 g/mol. The van der Waals surface area contributed by atoms with Gasteiger partial charge in [0, 0.05) is 12.6 Å². The molecule has 0 bridgehead atoms. The lowest BCUT2D eigenvalue weighted by molar-refractivity contribution is 0.182. The van der Waals surface area contributed by atoms with Crippen LogP contribution in [0.2, 0.25) is 0 Å². The highest BCUT2D eigenvalue weighted by molar-refractivity contribution is 4.79. The second-order valence-electron chi connectivity index (χ2n) is 3.12. The van der Waals surface area contributed by atoms with Crippen LogP contribution in [0.25, 0.3) is 0 Å². The van der Waals surface area contributed by atoms with Crippen molar-refractivity contribution in [3.05, 3.63) is 0 Å². The van der Waals surface area contributed by atoms with Crippen LogP contribution in [0.1, 0.15) is 13.3 Å². The number of rotatable bonds is 1. The van der Waals surface area contributed by atoms with E-state index in [1.54, 1.807) is 0 Å². The molecule has 1 aliphatic heterocycles. The van der Waals surface area contributed by atoms with Gasteiger partial charge in [-0.05, 0) is 19.4 Å². The maximum Gasteiger partial charge on any atom is 0.0586 e. The Hall–Kier alpha value is -0.0800. The maximum absolute atomic E-state index is 8.81. The van der Waals surface area contributed by atoms with Crippen molar-refractivity contribution in [2.45, 2.75) is 19.4 Å². The Morgan fingerprint density at radius 3 is 2.56 bits per heavy atom. The minimum absolute atomic E-state index is 0.320. The molecule has 2 atom stereocenters. The molecule has 0 aliphatic carbocycles. The molecule has 2 unspecified atom stereocenters. The van der Waals surface area contributed by atoms with Crippen molar-refractivity contribution in [2.75, 3.05) is 20.2 Å². The first kappa shape index (κ1) is 7.03. The Bertz CT molecular complexity index is 94.9. The van der Waals surface area contributed by atoms with Crippen molar-refractivity contribution < 1.29 is 5.11 Å². The maximum atomic E-state index is 8.81. The molecule has 0 aromatic carbocycles. The minimum Gasteiger partial charge on any atom is -0.395 e. The van der Waals surface area contributed by atoms with E-state index in [1.165, 1.54) is 0 Å². The monoisotopic (exact) mass is 129 g/mol. The first-order valence-electron chi connectivity index (χ1n) is 3.55. The zero-order valence-corrected chi connectivity index (χ0v) is 6.17. The molecule has 1 aliphatic rings. The minimum atomic E-state index is 0.320. The Labute approximate surface area is 56.5 Å². The van der Waals surface area contributed by atoms with E-state index in [0.29, 0.717) is 12.6 Å². The highest BCUT2D eigenvalue weighted by Crippen LogP contribution is 2.19. The fourth-order valence-electron chi connectivity index (χ4n) is 1.57. The van der Waals surface area contributed by atoms with Crippen LogP contribution in [0.4, 0.5) is 0 Å². The van der Waals surface area contributed by atoms with Gasteiger partial charge in [-0.3, -0.25) is 0 Å². The zero-order valence-electron chi connectivity index (χ0n) is 6.17. The van der Waals surface area contributed by atoms with Gasteiger partial charge < -0.3 is 10.0 Å². The largest absolute Gasteiger partial charge is 0.395 e. The Kier molecular flexibility index (Phi) is 2.09. The van der Waals surface area contributed by atoms with Crippen LogP contribution in [0, 0.1) is 5.92 Å². The molecule has 54 valence electrons. The number of likely N-dealkylation sites (tertiary alicyclic amines) is 1. The number of hydrogen-bond acceptors (Lipinski definition) is 2. The lowest BCUT2D eigenvalue weighted by atomic mass is 10.1. The van der Waals surface area contributed by atoms with Crippen molar-refractivity contribution in [3.63, 3.8) is 0 Å². The van der Waals surface area contributed by atoms with Crippen LogP contribution in [0.15, 0.2) is 0 Å². The van der Waals surface area contributed by atoms with Gasteiger partial charge in [0.25, 0.3) is 0 Å². The van der Waals surface area contributed by atoms with E-state index in [2.05, 4.69) is 18.9 Å². The molecule has 0 aromatic heterocycles. The lowest BCUT2D eigenvalue weighted by Crippen LogP contribution is -2.27. The summed E-state index contributed by atoms with van der Waals surface area (Å²) in [4.78, 5) is 2.23. The van der Waals surface area contributed by atoms with Crippen molar-refractivity contribution >= 4 is 0 Å². The fraction of sp³-hybridized carbons (Fsp3) is 1.00. The van der Waals surface area contributed by atoms with Crippen LogP contribution >= 0.6 is 0 Å². The van der Waals surface area contributed by atoms with E-state index >= 15 is 0 Å². The predicted octanol–water partition coefficient (Wildman–Crippen LogP) is 0.319. The van der Waals surface area contributed by atoms with Gasteiger partial charge in [-0.15, -0.1) is 0 Å². The highest BCUT2D eigenvalue weighted by Gasteiger charge is 2.25. The van der Waals surface area contributed by atoms with Crippen molar-refractivity contribution in [1.82, 2.24) is 4.90 Å². The Balaban J connectivity index is 2.38. The quantitative estimate of drug-likeness (QED) is 0.551. The first-order valence-corrected chi connectivity index (χ1v) is 3.55. The molecule has 1 heterocycles. The van der Waals surface area contributed by atoms with Crippen LogP contribution in [-0.2, 0) is 0 Å². The topological polar surface area (TPSA) is 23.5 Å². The normalized spacial score (nSPS) is 37.7. The van der Waals surface area contributed by atoms with E-state index < -0.39 is 0 Å². The van der Waals surface area contributed by atoms with Gasteiger partial charge >= 0.3 is 0 Å². The van der Waals surface area contributed by atoms with Crippen molar-refractivity contribution in [1.29, 1.82) is 0 Å². The molecule has 0 amide bonds. The molecule has 0 spiro atoms. The summed E-state index contributed by atoms with van der Waals surface area (Å²) in [7, 11) is 2.07. The first-order chi connectivity index (χ1) is 4.24. The van der Waals surface area contributed by atoms with Gasteiger partial charge in [0.15, 0.2) is 0 Å². The van der Waals surface area contributed by atoms with Gasteiger partial charge in [0.2, 0.25) is 0 Å². The summed E-state index contributed by atoms with van der Waals surface area (Å²) < 4.78 is 0. The van der Waals surface area contributed by atoms with Crippen LogP contribution in [0.5, 0.6) is 0 Å². The van der Waals surface area contributed by atoms with Gasteiger partial charge in [-0.2, -0.15) is 0 Å². The van der Waals surface area contributed by atoms with Crippen LogP contribution < -0.4 is 0 Å². The van der Waals surface area contributed by atoms with Gasteiger partial charge in [0.05, 0.1) is 6.61 Å². The number of hydrogen-bond donors (Lipinski definition) is 1. The summed E-state index contributed by atoms with van der Waals surface area (Å²) >= 11 is 0. The molecular formula is C7H15NO. The molecule has 2 heteroatoms. The molecule has 0 radical (unpaired) electrons. The van der Waals surface area contributed by atoms with Crippen LogP contribution in [0.3, 0.4) is 0 Å². The van der Waals surface area contributed by atoms with E-state index in [0.717, 1.165) is 18.9 Å². The summed E-state index contributed by atoms with van der Waals surface area (Å²) in [5.74, 6) is 0.771. The summed E-state index contributed by atoms with van der Waals surface area (Å²) in [5.41, 5.74) is 0. The van der Waals surface area contributed by atoms with Gasteiger partial charge in [-0.25, -0.2) is 0 Å². The molecule has 1 N–H and O–H groups in total. The summed E-state index contributed by atoms with van der Waals surface area (Å²) in [6.45, 7) is 3.69. The van der Waals surface area contributed by atoms with Crippen LogP contribution in [-0.4, -0.2) is 36.2 Å². The molecule has 0 aromatic rings. The van der Waals surface area contributed by atoms with Crippen molar-refractivity contribution in [3.8, 4) is 0 Å². The predicted molar refractivity (Wildman–Crippen MR) is 37.3 cm³/mol. The third-order valence-corrected chi connectivity index (χ3v) is 2.11.